The van der Waals surface area contributed by atoms with E-state index in [1.54, 1.807) is 0 Å². The van der Waals surface area contributed by atoms with Gasteiger partial charge in [-0.25, -0.2) is 8.42 Å². The summed E-state index contributed by atoms with van der Waals surface area (Å²) in [6.45, 7) is 1.84. The highest BCUT2D eigenvalue weighted by atomic mass is 32.2. The minimum absolute atomic E-state index is 0.138. The second-order valence-electron chi connectivity index (χ2n) is 7.17. The van der Waals surface area contributed by atoms with Gasteiger partial charge in [0.05, 0.1) is 0 Å². The van der Waals surface area contributed by atoms with Gasteiger partial charge in [0.2, 0.25) is 11.8 Å². The van der Waals surface area contributed by atoms with Crippen molar-refractivity contribution in [3.05, 3.63) is 0 Å². The highest BCUT2D eigenvalue weighted by molar-refractivity contribution is 7.91. The molecule has 0 saturated heterocycles. The van der Waals surface area contributed by atoms with Crippen LogP contribution in [0.1, 0.15) is 71.1 Å². The number of amides is 2. The summed E-state index contributed by atoms with van der Waals surface area (Å²) in [5.41, 5.74) is 0. The van der Waals surface area contributed by atoms with Gasteiger partial charge in [-0.05, 0) is 25.7 Å². The second-order valence-corrected chi connectivity index (χ2v) is 9.31. The number of nitrogens with one attached hydrogen (secondary N) is 2. The van der Waals surface area contributed by atoms with Crippen LogP contribution in [-0.4, -0.2) is 50.1 Å². The average Bonchev–Trinajstić information content (AvgIpc) is 3.04. The van der Waals surface area contributed by atoms with Crippen molar-refractivity contribution >= 4 is 27.4 Å². The Morgan fingerprint density at radius 2 is 1.73 bits per heavy atom. The lowest BCUT2D eigenvalue weighted by atomic mass is 10.0. The molecular formula is C18H32N2O5S. The third kappa shape index (κ3) is 9.89. The molecule has 7 nitrogen and oxygen atoms in total. The first-order valence-electron chi connectivity index (χ1n) is 9.50. The van der Waals surface area contributed by atoms with E-state index in [1.807, 2.05) is 6.92 Å². The summed E-state index contributed by atoms with van der Waals surface area (Å²) in [6, 6.07) is -0.592. The van der Waals surface area contributed by atoms with Gasteiger partial charge < -0.3 is 10.6 Å². The smallest absolute Gasteiger partial charge is 0.242 e. The lowest BCUT2D eigenvalue weighted by Crippen LogP contribution is -2.50. The monoisotopic (exact) mass is 388 g/mol. The quantitative estimate of drug-likeness (QED) is 0.493. The first kappa shape index (κ1) is 22.6. The fraction of sp³-hybridized carbons (Fsp3) is 0.833. The topological polar surface area (TPSA) is 109 Å². The standard InChI is InChI=1S/C18H32N2O5S/c1-3-15(21)11-5-4-6-12-16(20-17(22)13-26(2,24)25)18(23)19-14-9-7-8-10-14/h14,16H,3-13H2,1-2H3,(H,19,23)(H,20,22). The zero-order valence-electron chi connectivity index (χ0n) is 15.9. The number of hydrogen-bond donors (Lipinski definition) is 2. The first-order valence-corrected chi connectivity index (χ1v) is 11.6. The van der Waals surface area contributed by atoms with Gasteiger partial charge in [-0.15, -0.1) is 0 Å². The molecule has 26 heavy (non-hydrogen) atoms. The molecule has 1 atom stereocenters. The second kappa shape index (κ2) is 11.3. The van der Waals surface area contributed by atoms with Crippen molar-refractivity contribution in [2.75, 3.05) is 12.0 Å². The molecule has 150 valence electrons. The van der Waals surface area contributed by atoms with E-state index >= 15 is 0 Å². The summed E-state index contributed by atoms with van der Waals surface area (Å²) in [4.78, 5) is 35.7. The Bertz CT molecular complexity index is 582. The van der Waals surface area contributed by atoms with Gasteiger partial charge >= 0.3 is 0 Å². The molecule has 2 amide bonds. The third-order valence-electron chi connectivity index (χ3n) is 4.59. The molecule has 0 radical (unpaired) electrons. The largest absolute Gasteiger partial charge is 0.352 e. The van der Waals surface area contributed by atoms with Crippen LogP contribution in [0.4, 0.5) is 0 Å². The predicted octanol–water partition coefficient (Wildman–Crippen LogP) is 1.50. The minimum Gasteiger partial charge on any atom is -0.352 e. The Labute approximate surface area is 156 Å². The van der Waals surface area contributed by atoms with Crippen LogP contribution in [0.25, 0.3) is 0 Å². The van der Waals surface area contributed by atoms with Crippen molar-refractivity contribution in [2.45, 2.75) is 83.2 Å². The maximum Gasteiger partial charge on any atom is 0.242 e. The molecule has 1 fully saturated rings. The SMILES string of the molecule is CCC(=O)CCCCCC(NC(=O)CS(C)(=O)=O)C(=O)NC1CCCC1. The lowest BCUT2D eigenvalue weighted by Gasteiger charge is -2.21. The van der Waals surface area contributed by atoms with E-state index in [2.05, 4.69) is 10.6 Å². The van der Waals surface area contributed by atoms with Gasteiger partial charge in [-0.1, -0.05) is 32.6 Å². The first-order chi connectivity index (χ1) is 12.2. The molecule has 0 bridgehead atoms. The molecule has 1 rings (SSSR count). The van der Waals surface area contributed by atoms with Crippen LogP contribution in [0.15, 0.2) is 0 Å². The molecule has 8 heteroatoms. The molecule has 0 aliphatic heterocycles. The molecule has 1 aliphatic carbocycles. The summed E-state index contributed by atoms with van der Waals surface area (Å²) in [5.74, 6) is -1.30. The van der Waals surface area contributed by atoms with Crippen LogP contribution in [0.2, 0.25) is 0 Å². The van der Waals surface area contributed by atoms with Crippen LogP contribution in [0.5, 0.6) is 0 Å². The molecule has 0 aromatic heterocycles. The van der Waals surface area contributed by atoms with Crippen molar-refractivity contribution in [3.8, 4) is 0 Å². The fourth-order valence-corrected chi connectivity index (χ4v) is 3.70. The Kier molecular flexibility index (Phi) is 9.83. The maximum atomic E-state index is 12.5. The summed E-state index contributed by atoms with van der Waals surface area (Å²) in [6.07, 6.45) is 8.80. The van der Waals surface area contributed by atoms with E-state index < -0.39 is 27.5 Å². The van der Waals surface area contributed by atoms with E-state index in [0.717, 1.165) is 44.8 Å². The highest BCUT2D eigenvalue weighted by Gasteiger charge is 2.25. The van der Waals surface area contributed by atoms with Gasteiger partial charge in [-0.2, -0.15) is 0 Å². The van der Waals surface area contributed by atoms with Gasteiger partial charge in [0, 0.05) is 25.1 Å². The van der Waals surface area contributed by atoms with E-state index in [0.29, 0.717) is 25.7 Å². The van der Waals surface area contributed by atoms with Gasteiger partial charge in [-0.3, -0.25) is 14.4 Å². The zero-order chi connectivity index (χ0) is 19.6. The fourth-order valence-electron chi connectivity index (χ4n) is 3.14. The predicted molar refractivity (Wildman–Crippen MR) is 100 cm³/mol. The molecule has 1 unspecified atom stereocenters. The highest BCUT2D eigenvalue weighted by Crippen LogP contribution is 2.18. The van der Waals surface area contributed by atoms with Crippen LogP contribution in [-0.2, 0) is 24.2 Å². The van der Waals surface area contributed by atoms with Crippen molar-refractivity contribution < 1.29 is 22.8 Å². The number of Topliss-reactive ketones (excluding diaryl/α,β-unsaturated/α-hetero) is 1. The van der Waals surface area contributed by atoms with Crippen LogP contribution >= 0.6 is 0 Å². The van der Waals surface area contributed by atoms with Crippen molar-refractivity contribution in [1.29, 1.82) is 0 Å². The van der Waals surface area contributed by atoms with Crippen LogP contribution in [0, 0.1) is 0 Å². The number of unbranched alkanes of at least 4 members (excludes halogenated alkanes) is 2. The molecular weight excluding hydrogens is 356 g/mol. The lowest BCUT2D eigenvalue weighted by molar-refractivity contribution is -0.128. The molecule has 2 N–H and O–H groups in total. The number of carbonyl (C=O) groups excluding carboxylic acids is 3. The molecule has 0 heterocycles. The molecule has 1 saturated carbocycles. The van der Waals surface area contributed by atoms with Crippen molar-refractivity contribution in [2.24, 2.45) is 0 Å². The van der Waals surface area contributed by atoms with Crippen LogP contribution < -0.4 is 10.6 Å². The van der Waals surface area contributed by atoms with Crippen LogP contribution in [0.3, 0.4) is 0 Å². The summed E-state index contributed by atoms with van der Waals surface area (Å²) in [7, 11) is -3.44. The summed E-state index contributed by atoms with van der Waals surface area (Å²) < 4.78 is 22.5. The number of carbonyl (C=O) groups is 3. The Hall–Kier alpha value is -1.44. The number of sulfone groups is 1. The van der Waals surface area contributed by atoms with E-state index in [9.17, 15) is 22.8 Å². The molecule has 0 aromatic carbocycles. The average molecular weight is 389 g/mol. The van der Waals surface area contributed by atoms with E-state index in [-0.39, 0.29) is 17.7 Å². The maximum absolute atomic E-state index is 12.5. The van der Waals surface area contributed by atoms with Crippen molar-refractivity contribution in [3.63, 3.8) is 0 Å². The molecule has 0 spiro atoms. The van der Waals surface area contributed by atoms with Gasteiger partial charge in [0.15, 0.2) is 9.84 Å². The van der Waals surface area contributed by atoms with Gasteiger partial charge in [0.1, 0.15) is 17.6 Å². The van der Waals surface area contributed by atoms with E-state index in [1.165, 1.54) is 0 Å². The Morgan fingerprint density at radius 1 is 1.08 bits per heavy atom. The Balaban J connectivity index is 2.51. The van der Waals surface area contributed by atoms with E-state index in [4.69, 9.17) is 0 Å². The molecule has 1 aliphatic rings. The summed E-state index contributed by atoms with van der Waals surface area (Å²) in [5, 5.41) is 5.52. The number of rotatable bonds is 12. The number of ketones is 1. The summed E-state index contributed by atoms with van der Waals surface area (Å²) >= 11 is 0. The molecule has 0 aromatic rings. The zero-order valence-corrected chi connectivity index (χ0v) is 16.7. The minimum atomic E-state index is -3.44. The van der Waals surface area contributed by atoms with Crippen molar-refractivity contribution in [1.82, 2.24) is 10.6 Å². The third-order valence-corrected chi connectivity index (χ3v) is 5.38. The van der Waals surface area contributed by atoms with Gasteiger partial charge in [0.25, 0.3) is 0 Å². The Morgan fingerprint density at radius 3 is 2.31 bits per heavy atom. The normalized spacial score (nSPS) is 16.2. The number of hydrogen-bond acceptors (Lipinski definition) is 5.